The van der Waals surface area contributed by atoms with Crippen molar-refractivity contribution in [2.45, 2.75) is 26.7 Å². The molecule has 0 fully saturated rings. The summed E-state index contributed by atoms with van der Waals surface area (Å²) in [6, 6.07) is 3.50. The van der Waals surface area contributed by atoms with E-state index in [1.54, 1.807) is 18.4 Å². The second kappa shape index (κ2) is 10.6. The minimum Gasteiger partial charge on any atom is -0.356 e. The molecular formula is C17H23F2IN4S. The van der Waals surface area contributed by atoms with E-state index in [9.17, 15) is 8.78 Å². The van der Waals surface area contributed by atoms with E-state index < -0.39 is 11.6 Å². The molecule has 0 aliphatic heterocycles. The summed E-state index contributed by atoms with van der Waals surface area (Å²) >= 11 is 1.70. The van der Waals surface area contributed by atoms with E-state index >= 15 is 0 Å². The van der Waals surface area contributed by atoms with Crippen LogP contribution < -0.4 is 10.6 Å². The minimum atomic E-state index is -0.427. The highest BCUT2D eigenvalue weighted by Gasteiger charge is 2.06. The normalized spacial score (nSPS) is 11.2. The summed E-state index contributed by atoms with van der Waals surface area (Å²) in [5.74, 6) is -0.174. The van der Waals surface area contributed by atoms with Gasteiger partial charge in [-0.15, -0.1) is 35.3 Å². The van der Waals surface area contributed by atoms with Crippen molar-refractivity contribution in [3.8, 4) is 0 Å². The Bertz CT molecular complexity index is 719. The Hall–Kier alpha value is -1.29. The SMILES string of the molecule is CN=C(NCCc1cc(F)ccc1F)NCCc1sc(C)nc1C.I. The molecule has 0 amide bonds. The topological polar surface area (TPSA) is 49.3 Å². The van der Waals surface area contributed by atoms with E-state index in [0.717, 1.165) is 35.8 Å². The van der Waals surface area contributed by atoms with Crippen LogP contribution in [0.5, 0.6) is 0 Å². The molecule has 1 heterocycles. The number of halogens is 3. The number of rotatable bonds is 6. The Morgan fingerprint density at radius 3 is 2.44 bits per heavy atom. The van der Waals surface area contributed by atoms with Gasteiger partial charge in [-0.2, -0.15) is 0 Å². The van der Waals surface area contributed by atoms with Crippen molar-refractivity contribution in [3.05, 3.63) is 51.0 Å². The maximum Gasteiger partial charge on any atom is 0.190 e. The van der Waals surface area contributed by atoms with E-state index in [1.165, 1.54) is 10.9 Å². The van der Waals surface area contributed by atoms with Gasteiger partial charge in [0, 0.05) is 31.4 Å². The van der Waals surface area contributed by atoms with Crippen LogP contribution in [-0.4, -0.2) is 31.1 Å². The van der Waals surface area contributed by atoms with Gasteiger partial charge < -0.3 is 10.6 Å². The number of hydrogen-bond donors (Lipinski definition) is 2. The van der Waals surface area contributed by atoms with Gasteiger partial charge in [0.05, 0.1) is 10.7 Å². The predicted octanol–water partition coefficient (Wildman–Crippen LogP) is 3.61. The molecule has 25 heavy (non-hydrogen) atoms. The molecule has 1 aromatic carbocycles. The largest absolute Gasteiger partial charge is 0.356 e. The highest BCUT2D eigenvalue weighted by atomic mass is 127. The lowest BCUT2D eigenvalue weighted by Crippen LogP contribution is -2.39. The highest BCUT2D eigenvalue weighted by molar-refractivity contribution is 14.0. The van der Waals surface area contributed by atoms with Crippen LogP contribution in [0.25, 0.3) is 0 Å². The fourth-order valence-corrected chi connectivity index (χ4v) is 3.31. The van der Waals surface area contributed by atoms with E-state index in [1.807, 2.05) is 13.8 Å². The molecule has 4 nitrogen and oxygen atoms in total. The van der Waals surface area contributed by atoms with Crippen molar-refractivity contribution in [1.82, 2.24) is 15.6 Å². The van der Waals surface area contributed by atoms with Gasteiger partial charge in [0.15, 0.2) is 5.96 Å². The molecule has 0 saturated carbocycles. The van der Waals surface area contributed by atoms with Crippen molar-refractivity contribution in [2.75, 3.05) is 20.1 Å². The smallest absolute Gasteiger partial charge is 0.190 e. The first-order valence-electron chi connectivity index (χ1n) is 7.81. The van der Waals surface area contributed by atoms with Gasteiger partial charge >= 0.3 is 0 Å². The summed E-state index contributed by atoms with van der Waals surface area (Å²) in [4.78, 5) is 9.80. The number of aliphatic imine (C=N–C) groups is 1. The zero-order valence-corrected chi connectivity index (χ0v) is 17.7. The van der Waals surface area contributed by atoms with Gasteiger partial charge in [-0.1, -0.05) is 0 Å². The highest BCUT2D eigenvalue weighted by Crippen LogP contribution is 2.17. The van der Waals surface area contributed by atoms with E-state index in [-0.39, 0.29) is 24.0 Å². The second-order valence-electron chi connectivity index (χ2n) is 5.40. The molecule has 0 atom stereocenters. The lowest BCUT2D eigenvalue weighted by atomic mass is 10.1. The third-order valence-corrected chi connectivity index (χ3v) is 4.69. The van der Waals surface area contributed by atoms with Crippen LogP contribution in [-0.2, 0) is 12.8 Å². The summed E-state index contributed by atoms with van der Waals surface area (Å²) in [7, 11) is 1.68. The minimum absolute atomic E-state index is 0. The van der Waals surface area contributed by atoms with Crippen LogP contribution in [0.15, 0.2) is 23.2 Å². The van der Waals surface area contributed by atoms with Crippen molar-refractivity contribution in [1.29, 1.82) is 0 Å². The van der Waals surface area contributed by atoms with Gasteiger partial charge in [0.2, 0.25) is 0 Å². The Kier molecular flexibility index (Phi) is 9.26. The number of hydrogen-bond acceptors (Lipinski definition) is 3. The van der Waals surface area contributed by atoms with E-state index in [2.05, 4.69) is 20.6 Å². The summed E-state index contributed by atoms with van der Waals surface area (Å²) in [6.45, 7) is 5.22. The Morgan fingerprint density at radius 2 is 1.84 bits per heavy atom. The van der Waals surface area contributed by atoms with Crippen molar-refractivity contribution < 1.29 is 8.78 Å². The van der Waals surface area contributed by atoms with Crippen LogP contribution in [0, 0.1) is 25.5 Å². The van der Waals surface area contributed by atoms with Crippen LogP contribution in [0.1, 0.15) is 21.1 Å². The zero-order chi connectivity index (χ0) is 17.5. The first kappa shape index (κ1) is 21.8. The molecule has 0 aliphatic carbocycles. The second-order valence-corrected chi connectivity index (χ2v) is 6.69. The fourth-order valence-electron chi connectivity index (χ4n) is 2.37. The number of guanidine groups is 1. The summed E-state index contributed by atoms with van der Waals surface area (Å²) < 4.78 is 26.7. The van der Waals surface area contributed by atoms with Crippen molar-refractivity contribution in [2.24, 2.45) is 4.99 Å². The molecule has 1 aromatic heterocycles. The quantitative estimate of drug-likeness (QED) is 0.378. The molecule has 138 valence electrons. The molecule has 0 aliphatic rings. The molecule has 2 rings (SSSR count). The molecule has 2 aromatic rings. The molecular weight excluding hydrogens is 457 g/mol. The standard InChI is InChI=1S/C17H22F2N4S.HI/c1-11-16(24-12(2)23-11)7-9-22-17(20-3)21-8-6-13-10-14(18)4-5-15(13)19;/h4-5,10H,6-9H2,1-3H3,(H2,20,21,22);1H. The first-order valence-corrected chi connectivity index (χ1v) is 8.62. The van der Waals surface area contributed by atoms with Gasteiger partial charge in [0.1, 0.15) is 11.6 Å². The third kappa shape index (κ3) is 6.85. The average molecular weight is 480 g/mol. The lowest BCUT2D eigenvalue weighted by molar-refractivity contribution is 0.583. The fraction of sp³-hybridized carbons (Fsp3) is 0.412. The number of aryl methyl sites for hydroxylation is 2. The molecule has 2 N–H and O–H groups in total. The number of thiazole rings is 1. The van der Waals surface area contributed by atoms with Crippen molar-refractivity contribution >= 4 is 41.3 Å². The van der Waals surface area contributed by atoms with Crippen LogP contribution in [0.4, 0.5) is 8.78 Å². The third-order valence-electron chi connectivity index (χ3n) is 3.56. The number of nitrogens with one attached hydrogen (secondary N) is 2. The Labute approximate surface area is 168 Å². The van der Waals surface area contributed by atoms with Crippen LogP contribution in [0.2, 0.25) is 0 Å². The molecule has 0 unspecified atom stereocenters. The number of aromatic nitrogens is 1. The molecule has 8 heteroatoms. The maximum absolute atomic E-state index is 13.6. The maximum atomic E-state index is 13.6. The number of nitrogens with zero attached hydrogens (tertiary/aromatic N) is 2. The molecule has 0 spiro atoms. The van der Waals surface area contributed by atoms with E-state index in [4.69, 9.17) is 0 Å². The summed E-state index contributed by atoms with van der Waals surface area (Å²) in [5, 5.41) is 7.40. The molecule has 0 saturated heterocycles. The molecule has 0 bridgehead atoms. The summed E-state index contributed by atoms with van der Waals surface area (Å²) in [5.41, 5.74) is 1.43. The van der Waals surface area contributed by atoms with Gasteiger partial charge in [0.25, 0.3) is 0 Å². The first-order chi connectivity index (χ1) is 11.5. The average Bonchev–Trinajstić information content (AvgIpc) is 2.86. The number of benzene rings is 1. The molecule has 0 radical (unpaired) electrons. The van der Waals surface area contributed by atoms with Gasteiger partial charge in [-0.25, -0.2) is 13.8 Å². The van der Waals surface area contributed by atoms with Crippen molar-refractivity contribution in [3.63, 3.8) is 0 Å². The van der Waals surface area contributed by atoms with E-state index in [0.29, 0.717) is 24.5 Å². The Morgan fingerprint density at radius 1 is 1.16 bits per heavy atom. The van der Waals surface area contributed by atoms with Crippen LogP contribution in [0.3, 0.4) is 0 Å². The monoisotopic (exact) mass is 480 g/mol. The Balaban J connectivity index is 0.00000312. The zero-order valence-electron chi connectivity index (χ0n) is 14.5. The predicted molar refractivity (Wildman–Crippen MR) is 110 cm³/mol. The van der Waals surface area contributed by atoms with Gasteiger partial charge in [-0.3, -0.25) is 4.99 Å². The van der Waals surface area contributed by atoms with Gasteiger partial charge in [-0.05, 0) is 44.0 Å². The lowest BCUT2D eigenvalue weighted by Gasteiger charge is -2.12. The summed E-state index contributed by atoms with van der Waals surface area (Å²) in [6.07, 6.45) is 1.26. The van der Waals surface area contributed by atoms with Crippen LogP contribution >= 0.6 is 35.3 Å².